The predicted octanol–water partition coefficient (Wildman–Crippen LogP) is 4.98. The number of hydrogen-bond donors (Lipinski definition) is 2. The molecule has 0 aromatic heterocycles. The van der Waals surface area contributed by atoms with E-state index in [4.69, 9.17) is 9.47 Å². The molecule has 0 aliphatic rings. The average Bonchev–Trinajstić information content (AvgIpc) is 2.49. The van der Waals surface area contributed by atoms with E-state index < -0.39 is 29.2 Å². The predicted molar refractivity (Wildman–Crippen MR) is 104 cm³/mol. The number of ether oxygens (including phenoxy) is 2. The lowest BCUT2D eigenvalue weighted by molar-refractivity contribution is 0.0155. The summed E-state index contributed by atoms with van der Waals surface area (Å²) in [5.41, 5.74) is -1.92. The number of carbonyl (C=O) groups excluding carboxylic acids is 1. The molecule has 154 valence electrons. The van der Waals surface area contributed by atoms with Crippen molar-refractivity contribution in [3.05, 3.63) is 29.6 Å². The molecule has 0 aliphatic heterocycles. The van der Waals surface area contributed by atoms with Crippen LogP contribution in [-0.2, 0) is 4.74 Å². The van der Waals surface area contributed by atoms with E-state index in [1.807, 2.05) is 0 Å². The average molecular weight is 384 g/mol. The van der Waals surface area contributed by atoms with E-state index in [2.05, 4.69) is 19.2 Å². The second-order valence-corrected chi connectivity index (χ2v) is 8.62. The Balaban J connectivity index is 2.95. The van der Waals surface area contributed by atoms with Crippen molar-refractivity contribution in [3.8, 4) is 5.75 Å². The molecule has 0 aliphatic carbocycles. The number of carbonyl (C=O) groups is 1. The first-order valence-electron chi connectivity index (χ1n) is 9.47. The van der Waals surface area contributed by atoms with Crippen molar-refractivity contribution in [1.82, 2.24) is 5.32 Å². The zero-order chi connectivity index (χ0) is 20.8. The summed E-state index contributed by atoms with van der Waals surface area (Å²) in [5, 5.41) is 13.0. The molecule has 0 heterocycles. The smallest absolute Gasteiger partial charge is 0.408 e. The highest BCUT2D eigenvalue weighted by atomic mass is 19.1. The molecule has 1 rings (SSSR count). The third kappa shape index (κ3) is 8.16. The zero-order valence-electron chi connectivity index (χ0n) is 17.6. The number of benzene rings is 1. The lowest BCUT2D eigenvalue weighted by Crippen LogP contribution is -2.44. The fourth-order valence-corrected chi connectivity index (χ4v) is 2.71. The van der Waals surface area contributed by atoms with E-state index in [1.54, 1.807) is 26.8 Å². The second-order valence-electron chi connectivity index (χ2n) is 8.62. The van der Waals surface area contributed by atoms with Gasteiger partial charge in [0.1, 0.15) is 17.2 Å². The number of rotatable bonds is 8. The van der Waals surface area contributed by atoms with Gasteiger partial charge in [-0.2, -0.15) is 0 Å². The van der Waals surface area contributed by atoms with Gasteiger partial charge in [-0.15, -0.1) is 0 Å². The maximum Gasteiger partial charge on any atom is 0.408 e. The molecule has 0 saturated heterocycles. The van der Waals surface area contributed by atoms with Crippen molar-refractivity contribution in [1.29, 1.82) is 0 Å². The molecule has 0 saturated carbocycles. The molecular formula is C21H34FNO4. The Labute approximate surface area is 162 Å². The van der Waals surface area contributed by atoms with Gasteiger partial charge >= 0.3 is 6.09 Å². The first kappa shape index (κ1) is 23.2. The van der Waals surface area contributed by atoms with Crippen LogP contribution >= 0.6 is 0 Å². The fourth-order valence-electron chi connectivity index (χ4n) is 2.71. The van der Waals surface area contributed by atoms with Crippen LogP contribution in [-0.4, -0.2) is 29.0 Å². The monoisotopic (exact) mass is 383 g/mol. The zero-order valence-corrected chi connectivity index (χ0v) is 17.6. The van der Waals surface area contributed by atoms with Gasteiger partial charge in [-0.05, 0) is 53.0 Å². The molecule has 0 spiro atoms. The third-order valence-corrected chi connectivity index (χ3v) is 3.97. The Morgan fingerprint density at radius 1 is 1.26 bits per heavy atom. The van der Waals surface area contributed by atoms with Gasteiger partial charge in [-0.25, -0.2) is 9.18 Å². The van der Waals surface area contributed by atoms with E-state index in [0.717, 1.165) is 12.8 Å². The van der Waals surface area contributed by atoms with Gasteiger partial charge in [0.2, 0.25) is 0 Å². The first-order valence-corrected chi connectivity index (χ1v) is 9.47. The van der Waals surface area contributed by atoms with E-state index in [0.29, 0.717) is 18.3 Å². The number of nitrogens with one attached hydrogen (secondary N) is 1. The van der Waals surface area contributed by atoms with E-state index in [1.165, 1.54) is 26.0 Å². The Morgan fingerprint density at radius 2 is 1.89 bits per heavy atom. The minimum absolute atomic E-state index is 0.169. The number of hydrogen-bond acceptors (Lipinski definition) is 4. The van der Waals surface area contributed by atoms with E-state index in [9.17, 15) is 14.3 Å². The number of amides is 1. The van der Waals surface area contributed by atoms with Gasteiger partial charge in [0.25, 0.3) is 0 Å². The number of halogens is 1. The molecule has 5 nitrogen and oxygen atoms in total. The van der Waals surface area contributed by atoms with Crippen LogP contribution in [0.3, 0.4) is 0 Å². The quantitative estimate of drug-likeness (QED) is 0.664. The molecule has 1 aromatic carbocycles. The molecule has 1 unspecified atom stereocenters. The van der Waals surface area contributed by atoms with Crippen LogP contribution in [0.5, 0.6) is 5.75 Å². The Kier molecular flexibility index (Phi) is 8.08. The van der Waals surface area contributed by atoms with Gasteiger partial charge < -0.3 is 19.9 Å². The Hall–Kier alpha value is -1.82. The first-order chi connectivity index (χ1) is 12.3. The molecule has 0 fully saturated rings. The summed E-state index contributed by atoms with van der Waals surface area (Å²) < 4.78 is 25.6. The minimum Gasteiger partial charge on any atom is -0.493 e. The van der Waals surface area contributed by atoms with Crippen LogP contribution in [0.4, 0.5) is 9.18 Å². The van der Waals surface area contributed by atoms with Gasteiger partial charge in [0, 0.05) is 11.6 Å². The summed E-state index contributed by atoms with van der Waals surface area (Å²) in [5.74, 6) is 0.250. The fraction of sp³-hybridized carbons (Fsp3) is 0.667. The van der Waals surface area contributed by atoms with Crippen LogP contribution in [0.2, 0.25) is 0 Å². The molecule has 27 heavy (non-hydrogen) atoms. The molecule has 0 bridgehead atoms. The highest BCUT2D eigenvalue weighted by molar-refractivity contribution is 5.68. The molecule has 2 N–H and O–H groups in total. The summed E-state index contributed by atoms with van der Waals surface area (Å²) in [6.07, 6.45) is 1.39. The van der Waals surface area contributed by atoms with E-state index in [-0.39, 0.29) is 5.56 Å². The van der Waals surface area contributed by atoms with Crippen molar-refractivity contribution >= 4 is 6.09 Å². The summed E-state index contributed by atoms with van der Waals surface area (Å²) >= 11 is 0. The minimum atomic E-state index is -1.39. The summed E-state index contributed by atoms with van der Waals surface area (Å²) in [4.78, 5) is 12.1. The van der Waals surface area contributed by atoms with Crippen molar-refractivity contribution in [2.75, 3.05) is 6.61 Å². The molecule has 0 radical (unpaired) electrons. The highest BCUT2D eigenvalue weighted by Crippen LogP contribution is 2.30. The summed E-state index contributed by atoms with van der Waals surface area (Å²) in [6, 6.07) is 3.48. The molecule has 2 atom stereocenters. The molecule has 1 amide bonds. The molecule has 1 aromatic rings. The lowest BCUT2D eigenvalue weighted by Gasteiger charge is -2.32. The standard InChI is InChI=1S/C21H34FNO4/c1-8-9-14(2)13-26-15-10-11-16(17(22)12-15)18(21(6,7)25)23-19(24)27-20(3,4)5/h10-12,14,18,25H,8-9,13H2,1-7H3,(H,23,24)/t14?,18-/m1/s1. The van der Waals surface area contributed by atoms with Crippen LogP contribution in [0, 0.1) is 11.7 Å². The molecular weight excluding hydrogens is 349 g/mol. The van der Waals surface area contributed by atoms with Crippen molar-refractivity contribution in [2.45, 2.75) is 78.6 Å². The van der Waals surface area contributed by atoms with Crippen LogP contribution in [0.1, 0.15) is 72.9 Å². The van der Waals surface area contributed by atoms with Gasteiger partial charge in [-0.1, -0.05) is 26.3 Å². The Bertz CT molecular complexity index is 620. The van der Waals surface area contributed by atoms with Crippen molar-refractivity contribution < 1.29 is 23.8 Å². The highest BCUT2D eigenvalue weighted by Gasteiger charge is 2.33. The van der Waals surface area contributed by atoms with Crippen molar-refractivity contribution in [3.63, 3.8) is 0 Å². The maximum absolute atomic E-state index is 14.7. The van der Waals surface area contributed by atoms with Crippen molar-refractivity contribution in [2.24, 2.45) is 5.92 Å². The molecule has 6 heteroatoms. The third-order valence-electron chi connectivity index (χ3n) is 3.97. The normalized spacial score (nSPS) is 14.4. The largest absolute Gasteiger partial charge is 0.493 e. The summed E-state index contributed by atoms with van der Waals surface area (Å²) in [6.45, 7) is 12.9. The van der Waals surface area contributed by atoms with Gasteiger partial charge in [0.15, 0.2) is 0 Å². The SMILES string of the molecule is CCCC(C)COc1ccc([C@@H](NC(=O)OC(C)(C)C)C(C)(C)O)c(F)c1. The van der Waals surface area contributed by atoms with Gasteiger partial charge in [0.05, 0.1) is 18.2 Å². The number of aliphatic hydroxyl groups is 1. The summed E-state index contributed by atoms with van der Waals surface area (Å²) in [7, 11) is 0. The van der Waals surface area contributed by atoms with Crippen LogP contribution in [0.25, 0.3) is 0 Å². The lowest BCUT2D eigenvalue weighted by atomic mass is 9.91. The van der Waals surface area contributed by atoms with Crippen LogP contribution < -0.4 is 10.1 Å². The topological polar surface area (TPSA) is 67.8 Å². The van der Waals surface area contributed by atoms with Crippen LogP contribution in [0.15, 0.2) is 18.2 Å². The Morgan fingerprint density at radius 3 is 2.37 bits per heavy atom. The second kappa shape index (κ2) is 9.40. The number of alkyl carbamates (subject to hydrolysis) is 1. The van der Waals surface area contributed by atoms with Gasteiger partial charge in [-0.3, -0.25) is 0 Å². The van der Waals surface area contributed by atoms with E-state index >= 15 is 0 Å². The maximum atomic E-state index is 14.7.